The summed E-state index contributed by atoms with van der Waals surface area (Å²) in [5.41, 5.74) is 2.67. The first kappa shape index (κ1) is 20.4. The second-order valence-electron chi connectivity index (χ2n) is 6.98. The number of nitrogens with one attached hydrogen (secondary N) is 1. The van der Waals surface area contributed by atoms with Gasteiger partial charge in [-0.05, 0) is 60.9 Å². The largest absolute Gasteiger partial charge is 0.343 e. The number of aryl methyl sites for hydroxylation is 1. The normalized spacial score (nSPS) is 13.7. The van der Waals surface area contributed by atoms with Crippen molar-refractivity contribution in [1.29, 1.82) is 0 Å². The van der Waals surface area contributed by atoms with Gasteiger partial charge in [-0.25, -0.2) is 8.42 Å². The van der Waals surface area contributed by atoms with Gasteiger partial charge in [-0.3, -0.25) is 9.10 Å². The lowest BCUT2D eigenvalue weighted by molar-refractivity contribution is 0.0946. The highest BCUT2D eigenvalue weighted by molar-refractivity contribution is 7.92. The van der Waals surface area contributed by atoms with Crippen LogP contribution in [0.3, 0.4) is 0 Å². The van der Waals surface area contributed by atoms with Crippen LogP contribution in [0.1, 0.15) is 28.2 Å². The molecule has 0 saturated carbocycles. The molecule has 0 atom stereocenters. The van der Waals surface area contributed by atoms with Gasteiger partial charge in [-0.2, -0.15) is 4.98 Å². The van der Waals surface area contributed by atoms with E-state index in [1.165, 1.54) is 10.6 Å². The van der Waals surface area contributed by atoms with E-state index in [-0.39, 0.29) is 18.3 Å². The average Bonchev–Trinajstić information content (AvgIpc) is 3.20. The van der Waals surface area contributed by atoms with Crippen LogP contribution in [0.2, 0.25) is 5.02 Å². The van der Waals surface area contributed by atoms with Crippen molar-refractivity contribution < 1.29 is 17.7 Å². The first-order valence-electron chi connectivity index (χ1n) is 9.28. The highest BCUT2D eigenvalue weighted by Crippen LogP contribution is 2.30. The Labute approximate surface area is 178 Å². The molecule has 1 aliphatic rings. The van der Waals surface area contributed by atoms with Crippen LogP contribution >= 0.6 is 11.6 Å². The van der Waals surface area contributed by atoms with Crippen LogP contribution in [0.4, 0.5) is 5.69 Å². The number of amides is 1. The number of anilines is 1. The van der Waals surface area contributed by atoms with E-state index in [2.05, 4.69) is 15.5 Å². The third kappa shape index (κ3) is 4.31. The van der Waals surface area contributed by atoms with Gasteiger partial charge in [0.2, 0.25) is 21.7 Å². The number of benzene rings is 2. The Hall–Kier alpha value is -2.91. The predicted octanol–water partition coefficient (Wildman–Crippen LogP) is 3.03. The number of hydrogen-bond donors (Lipinski definition) is 1. The fourth-order valence-electron chi connectivity index (χ4n) is 3.35. The molecule has 0 fully saturated rings. The number of carbonyl (C=O) groups is 1. The van der Waals surface area contributed by atoms with Crippen LogP contribution in [-0.2, 0) is 23.0 Å². The summed E-state index contributed by atoms with van der Waals surface area (Å²) in [6.45, 7) is 0.524. The van der Waals surface area contributed by atoms with E-state index in [0.29, 0.717) is 35.1 Å². The highest BCUT2D eigenvalue weighted by atomic mass is 35.5. The summed E-state index contributed by atoms with van der Waals surface area (Å²) in [7, 11) is -3.34. The molecule has 0 unspecified atom stereocenters. The predicted molar refractivity (Wildman–Crippen MR) is 113 cm³/mol. The van der Waals surface area contributed by atoms with Gasteiger partial charge >= 0.3 is 0 Å². The number of halogens is 1. The lowest BCUT2D eigenvalue weighted by Crippen LogP contribution is -2.34. The zero-order chi connectivity index (χ0) is 21.3. The van der Waals surface area contributed by atoms with Crippen molar-refractivity contribution in [3.63, 3.8) is 0 Å². The van der Waals surface area contributed by atoms with Gasteiger partial charge in [0.25, 0.3) is 5.91 Å². The monoisotopic (exact) mass is 446 g/mol. The minimum atomic E-state index is -3.34. The van der Waals surface area contributed by atoms with Crippen molar-refractivity contribution in [1.82, 2.24) is 15.5 Å². The average molecular weight is 447 g/mol. The Balaban J connectivity index is 1.44. The van der Waals surface area contributed by atoms with Gasteiger partial charge in [0, 0.05) is 22.7 Å². The summed E-state index contributed by atoms with van der Waals surface area (Å²) in [6.07, 6.45) is 2.61. The molecule has 0 saturated heterocycles. The van der Waals surface area contributed by atoms with Crippen molar-refractivity contribution in [2.24, 2.45) is 0 Å². The molecule has 4 rings (SSSR count). The minimum absolute atomic E-state index is 0.0754. The van der Waals surface area contributed by atoms with Gasteiger partial charge in [0.05, 0.1) is 18.5 Å². The van der Waals surface area contributed by atoms with E-state index in [1.807, 2.05) is 0 Å². The fourth-order valence-corrected chi connectivity index (χ4v) is 4.47. The van der Waals surface area contributed by atoms with Crippen LogP contribution < -0.4 is 9.62 Å². The van der Waals surface area contributed by atoms with E-state index >= 15 is 0 Å². The summed E-state index contributed by atoms with van der Waals surface area (Å²) in [4.78, 5) is 16.8. The van der Waals surface area contributed by atoms with Crippen molar-refractivity contribution in [2.45, 2.75) is 19.4 Å². The van der Waals surface area contributed by atoms with Crippen molar-refractivity contribution in [2.75, 3.05) is 17.1 Å². The maximum absolute atomic E-state index is 12.5. The summed E-state index contributed by atoms with van der Waals surface area (Å²) in [5, 5.41) is 7.27. The molecule has 3 aromatic rings. The Kier molecular flexibility index (Phi) is 5.48. The molecule has 8 nitrogen and oxygen atoms in total. The van der Waals surface area contributed by atoms with E-state index in [4.69, 9.17) is 16.1 Å². The molecule has 10 heteroatoms. The number of fused-ring (bicyclic) bond motifs is 1. The molecule has 0 bridgehead atoms. The van der Waals surface area contributed by atoms with Crippen LogP contribution in [-0.4, -0.2) is 37.3 Å². The Bertz CT molecular complexity index is 1190. The minimum Gasteiger partial charge on any atom is -0.343 e. The smallest absolute Gasteiger partial charge is 0.251 e. The molecule has 30 heavy (non-hydrogen) atoms. The quantitative estimate of drug-likeness (QED) is 0.645. The van der Waals surface area contributed by atoms with Gasteiger partial charge in [-0.1, -0.05) is 16.8 Å². The van der Waals surface area contributed by atoms with Crippen molar-refractivity contribution >= 4 is 33.2 Å². The molecule has 1 aliphatic heterocycles. The highest BCUT2D eigenvalue weighted by Gasteiger charge is 2.24. The summed E-state index contributed by atoms with van der Waals surface area (Å²) < 4.78 is 30.5. The molecule has 0 spiro atoms. The first-order chi connectivity index (χ1) is 14.3. The second kappa shape index (κ2) is 8.08. The second-order valence-corrected chi connectivity index (χ2v) is 9.33. The Morgan fingerprint density at radius 3 is 2.73 bits per heavy atom. The maximum Gasteiger partial charge on any atom is 0.251 e. The Morgan fingerprint density at radius 2 is 2.00 bits per heavy atom. The van der Waals surface area contributed by atoms with E-state index < -0.39 is 10.0 Å². The number of carbonyl (C=O) groups excluding carboxylic acids is 1. The van der Waals surface area contributed by atoms with E-state index in [9.17, 15) is 13.2 Å². The summed E-state index contributed by atoms with van der Waals surface area (Å²) in [6, 6.07) is 12.0. The maximum atomic E-state index is 12.5. The van der Waals surface area contributed by atoms with Crippen molar-refractivity contribution in [3.05, 3.63) is 64.5 Å². The SMILES string of the molecule is CS(=O)(=O)N1CCCc2cc(C(=O)NCc3nc(-c4ccc(Cl)cc4)no3)ccc21. The number of sulfonamides is 1. The molecule has 156 valence electrons. The third-order valence-electron chi connectivity index (χ3n) is 4.79. The number of aromatic nitrogens is 2. The lowest BCUT2D eigenvalue weighted by atomic mass is 10.0. The molecule has 1 aromatic heterocycles. The molecule has 2 heterocycles. The lowest BCUT2D eigenvalue weighted by Gasteiger charge is -2.29. The first-order valence-corrected chi connectivity index (χ1v) is 11.5. The van der Waals surface area contributed by atoms with E-state index in [0.717, 1.165) is 17.5 Å². The van der Waals surface area contributed by atoms with Crippen LogP contribution in [0.15, 0.2) is 47.0 Å². The zero-order valence-electron chi connectivity index (χ0n) is 16.1. The van der Waals surface area contributed by atoms with Gasteiger partial charge in [0.15, 0.2) is 0 Å². The fraction of sp³-hybridized carbons (Fsp3) is 0.250. The molecular formula is C20H19ClN4O4S. The van der Waals surface area contributed by atoms with Crippen LogP contribution in [0.5, 0.6) is 0 Å². The zero-order valence-corrected chi connectivity index (χ0v) is 17.7. The van der Waals surface area contributed by atoms with Gasteiger partial charge < -0.3 is 9.84 Å². The summed E-state index contributed by atoms with van der Waals surface area (Å²) >= 11 is 5.88. The van der Waals surface area contributed by atoms with Gasteiger partial charge in [-0.15, -0.1) is 0 Å². The molecular weight excluding hydrogens is 428 g/mol. The van der Waals surface area contributed by atoms with Crippen molar-refractivity contribution in [3.8, 4) is 11.4 Å². The third-order valence-corrected chi connectivity index (χ3v) is 6.22. The van der Waals surface area contributed by atoms with E-state index in [1.54, 1.807) is 42.5 Å². The molecule has 1 amide bonds. The van der Waals surface area contributed by atoms with Crippen LogP contribution in [0.25, 0.3) is 11.4 Å². The standard InChI is InChI=1S/C20H19ClN4O4S/c1-30(27,28)25-10-2-3-14-11-15(6-9-17(14)25)20(26)22-12-18-23-19(24-29-18)13-4-7-16(21)8-5-13/h4-9,11H,2-3,10,12H2,1H3,(H,22,26). The topological polar surface area (TPSA) is 105 Å². The molecule has 0 aliphatic carbocycles. The van der Waals surface area contributed by atoms with Gasteiger partial charge in [0.1, 0.15) is 0 Å². The number of rotatable bonds is 5. The Morgan fingerprint density at radius 1 is 1.23 bits per heavy atom. The molecule has 1 N–H and O–H groups in total. The summed E-state index contributed by atoms with van der Waals surface area (Å²) in [5.74, 6) is 0.376. The van der Waals surface area contributed by atoms with Crippen LogP contribution in [0, 0.1) is 0 Å². The molecule has 0 radical (unpaired) electrons. The molecule has 2 aromatic carbocycles. The number of hydrogen-bond acceptors (Lipinski definition) is 6. The number of nitrogens with zero attached hydrogens (tertiary/aromatic N) is 3.